The Bertz CT molecular complexity index is 689. The summed E-state index contributed by atoms with van der Waals surface area (Å²) >= 11 is 0. The van der Waals surface area contributed by atoms with Gasteiger partial charge in [0.15, 0.2) is 0 Å². The maximum Gasteiger partial charge on any atom is 0.414 e. The molecule has 0 unspecified atom stereocenters. The lowest BCUT2D eigenvalue weighted by atomic mass is 10.1. The van der Waals surface area contributed by atoms with Crippen LogP contribution in [0.15, 0.2) is 24.3 Å². The Labute approximate surface area is 133 Å². The Morgan fingerprint density at radius 1 is 0.682 bits per heavy atom. The Hall–Kier alpha value is -1.62. The molecule has 0 spiro atoms. The molecule has 0 atom stereocenters. The number of aryl methyl sites for hydroxylation is 4. The van der Waals surface area contributed by atoms with E-state index in [4.69, 9.17) is 13.6 Å². The third kappa shape index (κ3) is 2.02. The molecule has 0 N–H and O–H groups in total. The van der Waals surface area contributed by atoms with Crippen molar-refractivity contribution in [2.45, 2.75) is 27.7 Å². The molecule has 0 saturated carbocycles. The van der Waals surface area contributed by atoms with Crippen molar-refractivity contribution in [1.29, 1.82) is 0 Å². The van der Waals surface area contributed by atoms with Crippen LogP contribution in [0.4, 0.5) is 0 Å². The van der Waals surface area contributed by atoms with Crippen molar-refractivity contribution < 1.29 is 13.6 Å². The van der Waals surface area contributed by atoms with Gasteiger partial charge in [0.2, 0.25) is 0 Å². The summed E-state index contributed by atoms with van der Waals surface area (Å²) in [7, 11) is 0.765. The number of hydrogen-bond acceptors (Lipinski definition) is 3. The summed E-state index contributed by atoms with van der Waals surface area (Å²) in [6, 6.07) is 8.48. The Morgan fingerprint density at radius 2 is 1.05 bits per heavy atom. The summed E-state index contributed by atoms with van der Waals surface area (Å²) in [6.07, 6.45) is 0. The quantitative estimate of drug-likeness (QED) is 0.798. The smallest absolute Gasteiger partial charge is 0.414 e. The van der Waals surface area contributed by atoms with E-state index >= 15 is 0 Å². The molecule has 116 valence electrons. The lowest BCUT2D eigenvalue weighted by molar-refractivity contribution is 0.268. The number of ether oxygens (including phenoxy) is 1. The van der Waals surface area contributed by atoms with E-state index in [1.165, 1.54) is 22.3 Å². The minimum absolute atomic E-state index is 0.856. The van der Waals surface area contributed by atoms with Crippen molar-refractivity contribution in [3.8, 4) is 11.5 Å². The van der Waals surface area contributed by atoms with Crippen molar-refractivity contribution in [2.75, 3.05) is 14.2 Å². The SMILES string of the molecule is CO[Si]1(OC)c2cc(C)c(C)cc2Oc2cc(C)c(C)cc21. The highest BCUT2D eigenvalue weighted by molar-refractivity contribution is 6.94. The van der Waals surface area contributed by atoms with Crippen LogP contribution in [-0.2, 0) is 8.85 Å². The molecule has 0 saturated heterocycles. The first-order valence-electron chi connectivity index (χ1n) is 7.44. The number of benzene rings is 2. The van der Waals surface area contributed by atoms with Crippen LogP contribution >= 0.6 is 0 Å². The molecule has 1 aliphatic rings. The van der Waals surface area contributed by atoms with E-state index in [2.05, 4.69) is 52.0 Å². The molecule has 1 heterocycles. The second kappa shape index (κ2) is 5.23. The van der Waals surface area contributed by atoms with Gasteiger partial charge >= 0.3 is 8.56 Å². The molecular weight excluding hydrogens is 292 g/mol. The predicted molar refractivity (Wildman–Crippen MR) is 90.9 cm³/mol. The monoisotopic (exact) mass is 314 g/mol. The molecule has 0 radical (unpaired) electrons. The largest absolute Gasteiger partial charge is 0.457 e. The van der Waals surface area contributed by atoms with Crippen LogP contribution in [0.2, 0.25) is 0 Å². The second-order valence-corrected chi connectivity index (χ2v) is 9.12. The molecule has 2 aromatic rings. The summed E-state index contributed by atoms with van der Waals surface area (Å²) in [6.45, 7) is 8.40. The number of rotatable bonds is 2. The molecule has 0 amide bonds. The van der Waals surface area contributed by atoms with Crippen LogP contribution < -0.4 is 15.1 Å². The van der Waals surface area contributed by atoms with Crippen molar-refractivity contribution in [3.05, 3.63) is 46.5 Å². The highest BCUT2D eigenvalue weighted by Gasteiger charge is 2.48. The van der Waals surface area contributed by atoms with Crippen LogP contribution in [0.5, 0.6) is 11.5 Å². The first-order valence-corrected chi connectivity index (χ1v) is 9.26. The van der Waals surface area contributed by atoms with Gasteiger partial charge in [-0.1, -0.05) is 12.1 Å². The number of hydrogen-bond donors (Lipinski definition) is 0. The molecule has 0 bridgehead atoms. The van der Waals surface area contributed by atoms with Gasteiger partial charge in [0.05, 0.1) is 0 Å². The summed E-state index contributed by atoms with van der Waals surface area (Å²) in [5.74, 6) is 1.71. The molecule has 0 aromatic heterocycles. The van der Waals surface area contributed by atoms with Gasteiger partial charge in [-0.05, 0) is 62.1 Å². The molecule has 0 aliphatic carbocycles. The van der Waals surface area contributed by atoms with Crippen LogP contribution in [-0.4, -0.2) is 22.8 Å². The van der Waals surface area contributed by atoms with E-state index in [-0.39, 0.29) is 0 Å². The lowest BCUT2D eigenvalue weighted by Crippen LogP contribution is -2.64. The van der Waals surface area contributed by atoms with E-state index in [1.54, 1.807) is 14.2 Å². The first kappa shape index (κ1) is 15.3. The Balaban J connectivity index is 2.34. The maximum absolute atomic E-state index is 6.18. The topological polar surface area (TPSA) is 27.7 Å². The normalized spacial score (nSPS) is 15.0. The highest BCUT2D eigenvalue weighted by atomic mass is 28.4. The zero-order chi connectivity index (χ0) is 16.1. The fourth-order valence-corrected chi connectivity index (χ4v) is 6.09. The van der Waals surface area contributed by atoms with Gasteiger partial charge in [0.25, 0.3) is 0 Å². The fourth-order valence-electron chi connectivity index (χ4n) is 3.05. The molecule has 3 nitrogen and oxygen atoms in total. The average Bonchev–Trinajstić information content (AvgIpc) is 2.49. The van der Waals surface area contributed by atoms with Crippen molar-refractivity contribution in [3.63, 3.8) is 0 Å². The predicted octanol–water partition coefficient (Wildman–Crippen LogP) is 2.88. The molecule has 0 fully saturated rings. The van der Waals surface area contributed by atoms with Crippen LogP contribution in [0, 0.1) is 27.7 Å². The zero-order valence-corrected chi connectivity index (χ0v) is 15.0. The fraction of sp³-hybridized carbons (Fsp3) is 0.333. The molecule has 4 heteroatoms. The molecule has 2 aromatic carbocycles. The van der Waals surface area contributed by atoms with E-state index in [1.807, 2.05) is 0 Å². The second-order valence-electron chi connectivity index (χ2n) is 5.99. The van der Waals surface area contributed by atoms with Gasteiger partial charge < -0.3 is 13.6 Å². The minimum atomic E-state index is -2.71. The van der Waals surface area contributed by atoms with Gasteiger partial charge in [0.1, 0.15) is 11.5 Å². The highest BCUT2D eigenvalue weighted by Crippen LogP contribution is 2.32. The van der Waals surface area contributed by atoms with Crippen LogP contribution in [0.1, 0.15) is 22.3 Å². The summed E-state index contributed by atoms with van der Waals surface area (Å²) in [4.78, 5) is 0. The van der Waals surface area contributed by atoms with Crippen molar-refractivity contribution in [1.82, 2.24) is 0 Å². The van der Waals surface area contributed by atoms with E-state index < -0.39 is 8.56 Å². The van der Waals surface area contributed by atoms with Crippen molar-refractivity contribution >= 4 is 18.9 Å². The molecule has 1 aliphatic heterocycles. The minimum Gasteiger partial charge on any atom is -0.457 e. The van der Waals surface area contributed by atoms with Gasteiger partial charge in [-0.15, -0.1) is 0 Å². The third-order valence-electron chi connectivity index (χ3n) is 4.70. The molecule has 22 heavy (non-hydrogen) atoms. The molecular formula is C18H22O3Si. The average molecular weight is 314 g/mol. The number of fused-ring (bicyclic) bond motifs is 2. The first-order chi connectivity index (χ1) is 10.4. The van der Waals surface area contributed by atoms with Gasteiger partial charge in [-0.3, -0.25) is 0 Å². The summed E-state index contributed by atoms with van der Waals surface area (Å²) in [5.41, 5.74) is 4.86. The summed E-state index contributed by atoms with van der Waals surface area (Å²) in [5, 5.41) is 2.10. The van der Waals surface area contributed by atoms with E-state index in [0.29, 0.717) is 0 Å². The lowest BCUT2D eigenvalue weighted by Gasteiger charge is -2.35. The van der Waals surface area contributed by atoms with Gasteiger partial charge in [-0.25, -0.2) is 0 Å². The van der Waals surface area contributed by atoms with Gasteiger partial charge in [-0.2, -0.15) is 0 Å². The van der Waals surface area contributed by atoms with E-state index in [0.717, 1.165) is 21.9 Å². The van der Waals surface area contributed by atoms with Gasteiger partial charge in [0, 0.05) is 24.6 Å². The van der Waals surface area contributed by atoms with Crippen molar-refractivity contribution in [2.24, 2.45) is 0 Å². The van der Waals surface area contributed by atoms with E-state index in [9.17, 15) is 0 Å². The molecule has 3 rings (SSSR count). The van der Waals surface area contributed by atoms with Crippen LogP contribution in [0.3, 0.4) is 0 Å². The zero-order valence-electron chi connectivity index (χ0n) is 14.0. The third-order valence-corrected chi connectivity index (χ3v) is 8.05. The maximum atomic E-state index is 6.18. The Kier molecular flexibility index (Phi) is 3.63. The standard InChI is InChI=1S/C18H22O3Si/c1-11-7-15-17(9-13(11)3)22(19-5,20-6)18-10-14(4)12(2)8-16(18)21-15/h7-10H,1-6H3. The Morgan fingerprint density at radius 3 is 1.41 bits per heavy atom. The summed E-state index contributed by atoms with van der Waals surface area (Å²) < 4.78 is 18.2. The van der Waals surface area contributed by atoms with Crippen LogP contribution in [0.25, 0.3) is 0 Å².